The number of carbonyl (C=O) groups is 2. The topological polar surface area (TPSA) is 73.2 Å². The molecule has 1 heterocycles. The van der Waals surface area contributed by atoms with Crippen LogP contribution in [0.25, 0.3) is 0 Å². The second-order valence-electron chi connectivity index (χ2n) is 5.14. The summed E-state index contributed by atoms with van der Waals surface area (Å²) in [4.78, 5) is 23.5. The smallest absolute Gasteiger partial charge is 0.309 e. The first-order chi connectivity index (χ1) is 9.36. The Kier molecular flexibility index (Phi) is 5.73. The summed E-state index contributed by atoms with van der Waals surface area (Å²) in [5.74, 6) is -0.389. The molecule has 1 aromatic heterocycles. The van der Waals surface area contributed by atoms with E-state index in [1.54, 1.807) is 37.7 Å². The van der Waals surface area contributed by atoms with Crippen molar-refractivity contribution in [3.8, 4) is 0 Å². The van der Waals surface area contributed by atoms with Crippen LogP contribution in [0.5, 0.6) is 0 Å². The zero-order chi connectivity index (χ0) is 15.3. The number of hydrogen-bond donors (Lipinski definition) is 1. The van der Waals surface area contributed by atoms with Crippen molar-refractivity contribution in [1.29, 1.82) is 0 Å². The van der Waals surface area contributed by atoms with Crippen LogP contribution in [-0.4, -0.2) is 27.8 Å². The van der Waals surface area contributed by atoms with Gasteiger partial charge in [-0.3, -0.25) is 9.59 Å². The summed E-state index contributed by atoms with van der Waals surface area (Å²) in [5.41, 5.74) is 0. The predicted octanol–water partition coefficient (Wildman–Crippen LogP) is 2.38. The van der Waals surface area contributed by atoms with Crippen LogP contribution in [0.15, 0.2) is 12.3 Å². The van der Waals surface area contributed by atoms with E-state index in [1.807, 2.05) is 13.8 Å². The molecule has 0 bridgehead atoms. The molecule has 112 valence electrons. The monoisotopic (exact) mass is 281 g/mol. The molecule has 0 saturated carbocycles. The standard InChI is InChI=1S/C14H23N3O3/c1-6-10(4)17-12(7-8-15-17)16-13(18)11(5)20-14(19)9(2)3/h7-11H,6H2,1-5H3,(H,16,18)/t10-,11-/m1/s1. The highest BCUT2D eigenvalue weighted by molar-refractivity contribution is 5.94. The van der Waals surface area contributed by atoms with E-state index in [-0.39, 0.29) is 23.8 Å². The van der Waals surface area contributed by atoms with Gasteiger partial charge >= 0.3 is 5.97 Å². The fourth-order valence-corrected chi connectivity index (χ4v) is 1.53. The number of ether oxygens (including phenoxy) is 1. The average Bonchev–Trinajstić information content (AvgIpc) is 2.85. The molecular formula is C14H23N3O3. The molecule has 1 aromatic rings. The van der Waals surface area contributed by atoms with Gasteiger partial charge in [0.15, 0.2) is 6.10 Å². The van der Waals surface area contributed by atoms with Gasteiger partial charge in [-0.05, 0) is 20.3 Å². The summed E-state index contributed by atoms with van der Waals surface area (Å²) in [7, 11) is 0. The first kappa shape index (κ1) is 16.2. The summed E-state index contributed by atoms with van der Waals surface area (Å²) in [6.45, 7) is 9.07. The van der Waals surface area contributed by atoms with Gasteiger partial charge in [-0.1, -0.05) is 20.8 Å². The van der Waals surface area contributed by atoms with Gasteiger partial charge in [-0.25, -0.2) is 4.68 Å². The fourth-order valence-electron chi connectivity index (χ4n) is 1.53. The van der Waals surface area contributed by atoms with E-state index >= 15 is 0 Å². The van der Waals surface area contributed by atoms with Crippen LogP contribution < -0.4 is 5.32 Å². The predicted molar refractivity (Wildman–Crippen MR) is 76.3 cm³/mol. The van der Waals surface area contributed by atoms with Crippen LogP contribution in [0.4, 0.5) is 5.82 Å². The lowest BCUT2D eigenvalue weighted by atomic mass is 10.2. The Morgan fingerprint density at radius 1 is 1.35 bits per heavy atom. The Morgan fingerprint density at radius 2 is 2.00 bits per heavy atom. The lowest BCUT2D eigenvalue weighted by molar-refractivity contribution is -0.156. The largest absolute Gasteiger partial charge is 0.452 e. The molecule has 1 amide bonds. The Labute approximate surface area is 119 Å². The van der Waals surface area contributed by atoms with Crippen molar-refractivity contribution in [3.63, 3.8) is 0 Å². The van der Waals surface area contributed by atoms with E-state index in [0.717, 1.165) is 6.42 Å². The van der Waals surface area contributed by atoms with Crippen LogP contribution in [0.3, 0.4) is 0 Å². The molecule has 0 fully saturated rings. The number of carbonyl (C=O) groups excluding carboxylic acids is 2. The van der Waals surface area contributed by atoms with Gasteiger partial charge < -0.3 is 10.1 Å². The molecular weight excluding hydrogens is 258 g/mol. The van der Waals surface area contributed by atoms with E-state index in [1.165, 1.54) is 0 Å². The zero-order valence-electron chi connectivity index (χ0n) is 12.7. The molecule has 6 nitrogen and oxygen atoms in total. The van der Waals surface area contributed by atoms with Crippen LogP contribution in [0.2, 0.25) is 0 Å². The second-order valence-corrected chi connectivity index (χ2v) is 5.14. The highest BCUT2D eigenvalue weighted by Gasteiger charge is 2.21. The number of esters is 1. The van der Waals surface area contributed by atoms with E-state index < -0.39 is 6.10 Å². The van der Waals surface area contributed by atoms with Crippen molar-refractivity contribution in [2.75, 3.05) is 5.32 Å². The van der Waals surface area contributed by atoms with Gasteiger partial charge in [0.1, 0.15) is 5.82 Å². The second kappa shape index (κ2) is 7.07. The van der Waals surface area contributed by atoms with Crippen molar-refractivity contribution < 1.29 is 14.3 Å². The maximum atomic E-state index is 12.0. The van der Waals surface area contributed by atoms with Crippen LogP contribution in [-0.2, 0) is 14.3 Å². The third kappa shape index (κ3) is 4.08. The Bertz CT molecular complexity index is 468. The quantitative estimate of drug-likeness (QED) is 0.812. The van der Waals surface area contributed by atoms with Gasteiger partial charge in [0, 0.05) is 6.07 Å². The van der Waals surface area contributed by atoms with Gasteiger partial charge in [-0.15, -0.1) is 0 Å². The third-order valence-electron chi connectivity index (χ3n) is 3.06. The molecule has 0 aliphatic heterocycles. The lowest BCUT2D eigenvalue weighted by Crippen LogP contribution is -2.32. The normalized spacial score (nSPS) is 13.9. The van der Waals surface area contributed by atoms with Gasteiger partial charge in [0.2, 0.25) is 0 Å². The molecule has 1 N–H and O–H groups in total. The van der Waals surface area contributed by atoms with Gasteiger partial charge in [0.25, 0.3) is 5.91 Å². The van der Waals surface area contributed by atoms with Crippen molar-refractivity contribution in [2.45, 2.75) is 53.2 Å². The molecule has 0 aliphatic rings. The minimum atomic E-state index is -0.829. The molecule has 6 heteroatoms. The highest BCUT2D eigenvalue weighted by Crippen LogP contribution is 2.16. The zero-order valence-corrected chi connectivity index (χ0v) is 12.7. The van der Waals surface area contributed by atoms with Gasteiger partial charge in [-0.2, -0.15) is 5.10 Å². The Balaban J connectivity index is 2.67. The molecule has 0 saturated heterocycles. The summed E-state index contributed by atoms with van der Waals surface area (Å²) < 4.78 is 6.81. The molecule has 0 radical (unpaired) electrons. The first-order valence-electron chi connectivity index (χ1n) is 6.91. The molecule has 2 atom stereocenters. The van der Waals surface area contributed by atoms with E-state index in [9.17, 15) is 9.59 Å². The minimum absolute atomic E-state index is 0.189. The SMILES string of the molecule is CC[C@@H](C)n1nccc1NC(=O)[C@@H](C)OC(=O)C(C)C. The first-order valence-corrected chi connectivity index (χ1v) is 6.91. The number of nitrogens with zero attached hydrogens (tertiary/aromatic N) is 2. The summed E-state index contributed by atoms with van der Waals surface area (Å²) in [6.07, 6.45) is 1.71. The van der Waals surface area contributed by atoms with Crippen molar-refractivity contribution >= 4 is 17.7 Å². The molecule has 0 aliphatic carbocycles. The summed E-state index contributed by atoms with van der Waals surface area (Å²) in [5, 5.41) is 6.92. The molecule has 0 unspecified atom stereocenters. The third-order valence-corrected chi connectivity index (χ3v) is 3.06. The maximum Gasteiger partial charge on any atom is 0.309 e. The van der Waals surface area contributed by atoms with E-state index in [0.29, 0.717) is 5.82 Å². The number of rotatable bonds is 6. The number of anilines is 1. The molecule has 20 heavy (non-hydrogen) atoms. The number of hydrogen-bond acceptors (Lipinski definition) is 4. The van der Waals surface area contributed by atoms with Crippen molar-refractivity contribution in [2.24, 2.45) is 5.92 Å². The minimum Gasteiger partial charge on any atom is -0.452 e. The Hall–Kier alpha value is -1.85. The number of nitrogens with one attached hydrogen (secondary N) is 1. The average molecular weight is 281 g/mol. The number of amides is 1. The van der Waals surface area contributed by atoms with Crippen LogP contribution in [0, 0.1) is 5.92 Å². The number of aromatic nitrogens is 2. The Morgan fingerprint density at radius 3 is 2.55 bits per heavy atom. The van der Waals surface area contributed by atoms with Gasteiger partial charge in [0.05, 0.1) is 18.2 Å². The highest BCUT2D eigenvalue weighted by atomic mass is 16.5. The summed E-state index contributed by atoms with van der Waals surface area (Å²) >= 11 is 0. The van der Waals surface area contributed by atoms with Crippen LogP contribution >= 0.6 is 0 Å². The lowest BCUT2D eigenvalue weighted by Gasteiger charge is -2.17. The van der Waals surface area contributed by atoms with E-state index in [4.69, 9.17) is 4.74 Å². The fraction of sp³-hybridized carbons (Fsp3) is 0.643. The van der Waals surface area contributed by atoms with Crippen molar-refractivity contribution in [1.82, 2.24) is 9.78 Å². The maximum absolute atomic E-state index is 12.0. The van der Waals surface area contributed by atoms with Crippen molar-refractivity contribution in [3.05, 3.63) is 12.3 Å². The summed E-state index contributed by atoms with van der Waals surface area (Å²) in [6, 6.07) is 1.91. The molecule has 0 aromatic carbocycles. The molecule has 1 rings (SSSR count). The molecule has 0 spiro atoms. The van der Waals surface area contributed by atoms with Crippen LogP contribution in [0.1, 0.15) is 47.1 Å². The van der Waals surface area contributed by atoms with E-state index in [2.05, 4.69) is 10.4 Å².